The number of carbonyl (C=O) groups excluding carboxylic acids is 1. The summed E-state index contributed by atoms with van der Waals surface area (Å²) >= 11 is 1.42. The fourth-order valence-corrected chi connectivity index (χ4v) is 4.59. The molecule has 4 nitrogen and oxygen atoms in total. The first-order valence-electron chi connectivity index (χ1n) is 8.99. The van der Waals surface area contributed by atoms with E-state index >= 15 is 0 Å². The smallest absolute Gasteiger partial charge is 0.240 e. The molecule has 0 fully saturated rings. The molecule has 2 heterocycles. The Morgan fingerprint density at radius 2 is 2.15 bits per heavy atom. The number of nitriles is 1. The first-order valence-corrected chi connectivity index (χ1v) is 9.87. The number of fused-ring (bicyclic) bond motifs is 1. The van der Waals surface area contributed by atoms with E-state index in [9.17, 15) is 10.1 Å². The highest BCUT2D eigenvalue weighted by molar-refractivity contribution is 8.00. The van der Waals surface area contributed by atoms with Crippen molar-refractivity contribution >= 4 is 23.4 Å². The molecule has 0 saturated heterocycles. The Morgan fingerprint density at radius 1 is 1.38 bits per heavy atom. The number of aryl methyl sites for hydroxylation is 3. The summed E-state index contributed by atoms with van der Waals surface area (Å²) in [6.07, 6.45) is 2.69. The van der Waals surface area contributed by atoms with Crippen LogP contribution in [0, 0.1) is 25.2 Å². The Kier molecular flexibility index (Phi) is 5.63. The summed E-state index contributed by atoms with van der Waals surface area (Å²) in [5.41, 5.74) is 4.61. The van der Waals surface area contributed by atoms with E-state index in [1.807, 2.05) is 49.9 Å². The van der Waals surface area contributed by atoms with Gasteiger partial charge in [-0.3, -0.25) is 4.79 Å². The van der Waals surface area contributed by atoms with Gasteiger partial charge in [0.05, 0.1) is 10.8 Å². The fraction of sp³-hybridized carbons (Fsp3) is 0.381. The van der Waals surface area contributed by atoms with Gasteiger partial charge in [-0.1, -0.05) is 36.9 Å². The van der Waals surface area contributed by atoms with Crippen LogP contribution in [0.15, 0.2) is 35.4 Å². The number of carbonyl (C=O) groups is 1. The zero-order valence-electron chi connectivity index (χ0n) is 15.5. The molecule has 1 aromatic heterocycles. The van der Waals surface area contributed by atoms with E-state index in [2.05, 4.69) is 17.1 Å². The van der Waals surface area contributed by atoms with Crippen molar-refractivity contribution in [2.75, 3.05) is 11.4 Å². The largest absolute Gasteiger partial charge is 0.311 e. The minimum Gasteiger partial charge on any atom is -0.311 e. The first kappa shape index (κ1) is 18.5. The molecule has 0 radical (unpaired) electrons. The van der Waals surface area contributed by atoms with Crippen molar-refractivity contribution in [3.8, 4) is 6.07 Å². The molecule has 0 saturated carbocycles. The Labute approximate surface area is 159 Å². The topological polar surface area (TPSA) is 57.0 Å². The number of amides is 1. The molecule has 0 bridgehead atoms. The number of anilines is 1. The number of rotatable bonds is 4. The minimum absolute atomic E-state index is 0.106. The van der Waals surface area contributed by atoms with E-state index in [1.54, 1.807) is 0 Å². The number of hydrogen-bond acceptors (Lipinski definition) is 4. The highest BCUT2D eigenvalue weighted by Gasteiger charge is 2.29. The predicted molar refractivity (Wildman–Crippen MR) is 105 cm³/mol. The number of hydrogen-bond donors (Lipinski definition) is 0. The van der Waals surface area contributed by atoms with Crippen molar-refractivity contribution in [2.24, 2.45) is 0 Å². The summed E-state index contributed by atoms with van der Waals surface area (Å²) in [5.74, 6) is 0.106. The SMILES string of the molecule is CCC(Sc1nc(C)cc(C)c1C#N)C(=O)N1CCCc2ccccc21. The summed E-state index contributed by atoms with van der Waals surface area (Å²) in [4.78, 5) is 19.7. The predicted octanol–water partition coefficient (Wildman–Crippen LogP) is 4.42. The van der Waals surface area contributed by atoms with Crippen molar-refractivity contribution in [2.45, 2.75) is 50.3 Å². The van der Waals surface area contributed by atoms with Crippen LogP contribution >= 0.6 is 11.8 Å². The number of benzene rings is 1. The van der Waals surface area contributed by atoms with E-state index in [0.29, 0.717) is 17.0 Å². The Bertz CT molecular complexity index is 872. The number of para-hydroxylation sites is 1. The van der Waals surface area contributed by atoms with Gasteiger partial charge >= 0.3 is 0 Å². The molecule has 1 aromatic carbocycles. The van der Waals surface area contributed by atoms with Crippen molar-refractivity contribution < 1.29 is 4.79 Å². The Hall–Kier alpha value is -2.32. The lowest BCUT2D eigenvalue weighted by atomic mass is 10.0. The van der Waals surface area contributed by atoms with Gasteiger partial charge in [0.25, 0.3) is 0 Å². The molecule has 0 spiro atoms. The van der Waals surface area contributed by atoms with Crippen LogP contribution in [0.2, 0.25) is 0 Å². The number of pyridine rings is 1. The molecule has 5 heteroatoms. The first-order chi connectivity index (χ1) is 12.5. The summed E-state index contributed by atoms with van der Waals surface area (Å²) in [7, 11) is 0. The van der Waals surface area contributed by atoms with Crippen LogP contribution in [0.3, 0.4) is 0 Å². The molecular formula is C21H23N3OS. The Balaban J connectivity index is 1.89. The lowest BCUT2D eigenvalue weighted by molar-refractivity contribution is -0.118. The van der Waals surface area contributed by atoms with E-state index in [1.165, 1.54) is 17.3 Å². The van der Waals surface area contributed by atoms with Gasteiger partial charge in [-0.2, -0.15) is 5.26 Å². The monoisotopic (exact) mass is 365 g/mol. The van der Waals surface area contributed by atoms with Crippen molar-refractivity contribution in [1.82, 2.24) is 4.98 Å². The molecule has 134 valence electrons. The average molecular weight is 366 g/mol. The second-order valence-corrected chi connectivity index (χ2v) is 7.80. The molecule has 0 N–H and O–H groups in total. The van der Waals surface area contributed by atoms with E-state index in [0.717, 1.165) is 36.3 Å². The third-order valence-corrected chi connectivity index (χ3v) is 6.04. The second-order valence-electron chi connectivity index (χ2n) is 6.61. The van der Waals surface area contributed by atoms with Crippen molar-refractivity contribution in [3.05, 3.63) is 52.7 Å². The second kappa shape index (κ2) is 7.92. The van der Waals surface area contributed by atoms with Crippen LogP contribution in [0.1, 0.15) is 42.1 Å². The zero-order valence-corrected chi connectivity index (χ0v) is 16.3. The zero-order chi connectivity index (χ0) is 18.7. The van der Waals surface area contributed by atoms with Crippen molar-refractivity contribution in [1.29, 1.82) is 5.26 Å². The molecule has 1 atom stereocenters. The molecule has 1 aliphatic heterocycles. The summed E-state index contributed by atoms with van der Waals surface area (Å²) < 4.78 is 0. The van der Waals surface area contributed by atoms with Crippen LogP contribution < -0.4 is 4.90 Å². The maximum absolute atomic E-state index is 13.3. The van der Waals surface area contributed by atoms with Gasteiger partial charge in [-0.25, -0.2) is 4.98 Å². The molecule has 26 heavy (non-hydrogen) atoms. The third-order valence-electron chi connectivity index (χ3n) is 4.70. The quantitative estimate of drug-likeness (QED) is 0.753. The Morgan fingerprint density at radius 3 is 2.88 bits per heavy atom. The van der Waals surface area contributed by atoms with E-state index in [4.69, 9.17) is 0 Å². The molecule has 2 aromatic rings. The normalized spacial score (nSPS) is 14.5. The van der Waals surface area contributed by atoms with Gasteiger partial charge < -0.3 is 4.90 Å². The lowest BCUT2D eigenvalue weighted by Crippen LogP contribution is -2.40. The fourth-order valence-electron chi connectivity index (χ4n) is 3.40. The van der Waals surface area contributed by atoms with Crippen LogP contribution in [0.25, 0.3) is 0 Å². The van der Waals surface area contributed by atoms with Gasteiger partial charge in [0.15, 0.2) is 0 Å². The minimum atomic E-state index is -0.248. The number of nitrogens with zero attached hydrogens (tertiary/aromatic N) is 3. The van der Waals surface area contributed by atoms with Crippen LogP contribution in [0.4, 0.5) is 5.69 Å². The van der Waals surface area contributed by atoms with Gasteiger partial charge in [0.1, 0.15) is 11.1 Å². The standard InChI is InChI=1S/C21H23N3OS/c1-4-19(26-20-17(13-22)14(2)12-15(3)23-20)21(25)24-11-7-9-16-8-5-6-10-18(16)24/h5-6,8,10,12,19H,4,7,9,11H2,1-3H3. The van der Waals surface area contributed by atoms with Gasteiger partial charge in [0.2, 0.25) is 5.91 Å². The van der Waals surface area contributed by atoms with Gasteiger partial charge in [-0.15, -0.1) is 0 Å². The van der Waals surface area contributed by atoms with Crippen LogP contribution in [-0.4, -0.2) is 22.7 Å². The third kappa shape index (κ3) is 3.61. The molecule has 1 amide bonds. The molecule has 1 unspecified atom stereocenters. The van der Waals surface area contributed by atoms with E-state index in [-0.39, 0.29) is 11.2 Å². The highest BCUT2D eigenvalue weighted by atomic mass is 32.2. The number of aromatic nitrogens is 1. The maximum Gasteiger partial charge on any atom is 0.240 e. The molecular weight excluding hydrogens is 342 g/mol. The summed E-state index contributed by atoms with van der Waals surface area (Å²) in [6.45, 7) is 6.60. The molecule has 3 rings (SSSR count). The van der Waals surface area contributed by atoms with Crippen LogP contribution in [0.5, 0.6) is 0 Å². The molecule has 0 aliphatic carbocycles. The van der Waals surface area contributed by atoms with Crippen molar-refractivity contribution in [3.63, 3.8) is 0 Å². The van der Waals surface area contributed by atoms with Gasteiger partial charge in [0, 0.05) is 17.9 Å². The highest BCUT2D eigenvalue weighted by Crippen LogP contribution is 2.33. The van der Waals surface area contributed by atoms with Gasteiger partial charge in [-0.05, 0) is 56.4 Å². The number of thioether (sulfide) groups is 1. The maximum atomic E-state index is 13.3. The van der Waals surface area contributed by atoms with Crippen LogP contribution in [-0.2, 0) is 11.2 Å². The molecule has 1 aliphatic rings. The van der Waals surface area contributed by atoms with E-state index < -0.39 is 0 Å². The average Bonchev–Trinajstić information content (AvgIpc) is 2.64. The lowest BCUT2D eigenvalue weighted by Gasteiger charge is -2.32. The summed E-state index contributed by atoms with van der Waals surface area (Å²) in [5, 5.41) is 9.91. The summed E-state index contributed by atoms with van der Waals surface area (Å²) in [6, 6.07) is 12.3.